The van der Waals surface area contributed by atoms with Crippen LogP contribution in [0.3, 0.4) is 0 Å². The summed E-state index contributed by atoms with van der Waals surface area (Å²) in [5, 5.41) is 0.610. The van der Waals surface area contributed by atoms with Crippen molar-refractivity contribution in [3.8, 4) is 11.5 Å². The van der Waals surface area contributed by atoms with Crippen molar-refractivity contribution in [3.63, 3.8) is 0 Å². The fraction of sp³-hybridized carbons (Fsp3) is 0.240. The molecule has 1 aliphatic rings. The summed E-state index contributed by atoms with van der Waals surface area (Å²) in [5.74, 6) is 0.539. The number of fused-ring (bicyclic) bond motifs is 1. The second kappa shape index (κ2) is 9.87. The van der Waals surface area contributed by atoms with Gasteiger partial charge in [-0.25, -0.2) is 9.79 Å². The molecule has 4 rings (SSSR count). The fourth-order valence-corrected chi connectivity index (χ4v) is 5.02. The molecule has 0 saturated carbocycles. The Labute approximate surface area is 205 Å². The minimum atomic E-state index is -0.798. The van der Waals surface area contributed by atoms with E-state index in [1.807, 2.05) is 12.1 Å². The van der Waals surface area contributed by atoms with E-state index >= 15 is 0 Å². The number of nitrogens with zero attached hydrogens (tertiary/aromatic N) is 2. The zero-order chi connectivity index (χ0) is 24.4. The number of esters is 1. The Hall–Kier alpha value is -3.36. The molecule has 2 aromatic carbocycles. The molecule has 2 heterocycles. The van der Waals surface area contributed by atoms with Crippen LogP contribution < -0.4 is 24.4 Å². The number of benzene rings is 2. The number of allylic oxidation sites excluding steroid dienone is 1. The Balaban J connectivity index is 2.01. The van der Waals surface area contributed by atoms with Crippen LogP contribution in [0.15, 0.2) is 63.5 Å². The van der Waals surface area contributed by atoms with E-state index in [-0.39, 0.29) is 17.7 Å². The lowest BCUT2D eigenvalue weighted by Gasteiger charge is -2.26. The average Bonchev–Trinajstić information content (AvgIpc) is 3.13. The van der Waals surface area contributed by atoms with Gasteiger partial charge >= 0.3 is 5.97 Å². The lowest BCUT2D eigenvalue weighted by Crippen LogP contribution is -2.40. The Morgan fingerprint density at radius 2 is 1.91 bits per heavy atom. The highest BCUT2D eigenvalue weighted by Gasteiger charge is 2.35. The molecule has 1 aliphatic heterocycles. The summed E-state index contributed by atoms with van der Waals surface area (Å²) in [6, 6.07) is 11.7. The molecule has 1 aromatic heterocycles. The van der Waals surface area contributed by atoms with Gasteiger partial charge < -0.3 is 14.2 Å². The third-order valence-corrected chi connectivity index (χ3v) is 6.65. The number of hydrogen-bond donors (Lipinski definition) is 0. The number of thiazole rings is 1. The van der Waals surface area contributed by atoms with E-state index in [4.69, 9.17) is 25.8 Å². The highest BCUT2D eigenvalue weighted by atomic mass is 35.5. The highest BCUT2D eigenvalue weighted by Crippen LogP contribution is 2.37. The summed E-state index contributed by atoms with van der Waals surface area (Å²) >= 11 is 7.24. The van der Waals surface area contributed by atoms with Gasteiger partial charge in [0.15, 0.2) is 4.80 Å². The monoisotopic (exact) mass is 498 g/mol. The van der Waals surface area contributed by atoms with E-state index in [9.17, 15) is 9.59 Å². The maximum absolute atomic E-state index is 13.7. The van der Waals surface area contributed by atoms with Gasteiger partial charge in [0.25, 0.3) is 5.56 Å². The summed E-state index contributed by atoms with van der Waals surface area (Å²) in [5.41, 5.74) is 1.90. The maximum Gasteiger partial charge on any atom is 0.338 e. The van der Waals surface area contributed by atoms with E-state index in [0.717, 1.165) is 5.56 Å². The molecule has 0 N–H and O–H groups in total. The topological polar surface area (TPSA) is 79.1 Å². The first-order chi connectivity index (χ1) is 16.4. The molecule has 0 radical (unpaired) electrons. The van der Waals surface area contributed by atoms with Crippen LogP contribution in [0, 0.1) is 0 Å². The molecule has 0 spiro atoms. The number of ether oxygens (including phenoxy) is 3. The van der Waals surface area contributed by atoms with E-state index in [2.05, 4.69) is 4.99 Å². The zero-order valence-electron chi connectivity index (χ0n) is 19.1. The molecule has 7 nitrogen and oxygen atoms in total. The Kier molecular flexibility index (Phi) is 6.90. The number of carbonyl (C=O) groups is 1. The first-order valence-electron chi connectivity index (χ1n) is 10.5. The van der Waals surface area contributed by atoms with Gasteiger partial charge in [-0.3, -0.25) is 9.36 Å². The first kappa shape index (κ1) is 23.8. The molecule has 0 aliphatic carbocycles. The third kappa shape index (κ3) is 4.38. The van der Waals surface area contributed by atoms with Gasteiger partial charge in [0.1, 0.15) is 17.5 Å². The van der Waals surface area contributed by atoms with E-state index in [1.165, 1.54) is 23.0 Å². The van der Waals surface area contributed by atoms with E-state index in [0.29, 0.717) is 37.1 Å². The number of carbonyl (C=O) groups excluding carboxylic acids is 1. The van der Waals surface area contributed by atoms with Crippen molar-refractivity contribution in [1.82, 2.24) is 4.57 Å². The molecule has 9 heteroatoms. The summed E-state index contributed by atoms with van der Waals surface area (Å²) in [7, 11) is 3.09. The highest BCUT2D eigenvalue weighted by molar-refractivity contribution is 7.07. The standard InChI is InChI=1S/C25H23ClN2O5S/c1-5-33-24(30)21-14(2)27-25-28(22(21)18-13-17(31-3)10-11-19(18)32-4)23(29)20(34-25)12-15-6-8-16(26)9-7-15/h6-13,22H,5H2,1-4H3/b20-12-. The second-order valence-electron chi connectivity index (χ2n) is 7.46. The molecule has 176 valence electrons. The largest absolute Gasteiger partial charge is 0.497 e. The predicted molar refractivity (Wildman–Crippen MR) is 131 cm³/mol. The second-order valence-corrected chi connectivity index (χ2v) is 8.91. The van der Waals surface area contributed by atoms with E-state index < -0.39 is 12.0 Å². The van der Waals surface area contributed by atoms with Crippen molar-refractivity contribution in [2.24, 2.45) is 4.99 Å². The summed E-state index contributed by atoms with van der Waals surface area (Å²) in [6.07, 6.45) is 1.78. The zero-order valence-corrected chi connectivity index (χ0v) is 20.7. The first-order valence-corrected chi connectivity index (χ1v) is 11.7. The van der Waals surface area contributed by atoms with Gasteiger partial charge in [0.05, 0.1) is 36.6 Å². The summed E-state index contributed by atoms with van der Waals surface area (Å²) in [4.78, 5) is 31.8. The van der Waals surface area contributed by atoms with Crippen molar-refractivity contribution >= 4 is 35.0 Å². The molecule has 0 bridgehead atoms. The van der Waals surface area contributed by atoms with Crippen molar-refractivity contribution in [2.75, 3.05) is 20.8 Å². The van der Waals surface area contributed by atoms with Gasteiger partial charge in [-0.2, -0.15) is 0 Å². The van der Waals surface area contributed by atoms with Crippen LogP contribution in [0.5, 0.6) is 11.5 Å². The number of halogens is 1. The van der Waals surface area contributed by atoms with Crippen molar-refractivity contribution in [3.05, 3.63) is 89.6 Å². The van der Waals surface area contributed by atoms with Gasteiger partial charge in [-0.1, -0.05) is 35.1 Å². The molecular weight excluding hydrogens is 476 g/mol. The molecule has 0 fully saturated rings. The van der Waals surface area contributed by atoms with Crippen LogP contribution in [-0.4, -0.2) is 31.4 Å². The van der Waals surface area contributed by atoms with Gasteiger partial charge in [-0.05, 0) is 55.8 Å². The van der Waals surface area contributed by atoms with E-state index in [1.54, 1.807) is 57.4 Å². The number of rotatable bonds is 6. The van der Waals surface area contributed by atoms with Crippen molar-refractivity contribution in [2.45, 2.75) is 19.9 Å². The van der Waals surface area contributed by atoms with Crippen LogP contribution >= 0.6 is 22.9 Å². The Morgan fingerprint density at radius 3 is 2.56 bits per heavy atom. The van der Waals surface area contributed by atoms with Gasteiger partial charge in [0, 0.05) is 10.6 Å². The van der Waals surface area contributed by atoms with Crippen LogP contribution in [0.4, 0.5) is 0 Å². The summed E-state index contributed by atoms with van der Waals surface area (Å²) < 4.78 is 18.3. The number of hydrogen-bond acceptors (Lipinski definition) is 7. The lowest BCUT2D eigenvalue weighted by atomic mass is 9.94. The van der Waals surface area contributed by atoms with Crippen molar-refractivity contribution in [1.29, 1.82) is 0 Å². The van der Waals surface area contributed by atoms with Crippen LogP contribution in [0.25, 0.3) is 6.08 Å². The minimum absolute atomic E-state index is 0.193. The molecule has 1 atom stereocenters. The normalized spacial score (nSPS) is 15.6. The van der Waals surface area contributed by atoms with Gasteiger partial charge in [-0.15, -0.1) is 0 Å². The van der Waals surface area contributed by atoms with Crippen LogP contribution in [-0.2, 0) is 9.53 Å². The molecule has 0 amide bonds. The quantitative estimate of drug-likeness (QED) is 0.486. The smallest absolute Gasteiger partial charge is 0.338 e. The average molecular weight is 499 g/mol. The molecule has 34 heavy (non-hydrogen) atoms. The third-order valence-electron chi connectivity index (χ3n) is 5.42. The molecule has 1 unspecified atom stereocenters. The number of methoxy groups -OCH3 is 2. The summed E-state index contributed by atoms with van der Waals surface area (Å²) in [6.45, 7) is 3.66. The van der Waals surface area contributed by atoms with Crippen LogP contribution in [0.1, 0.15) is 31.0 Å². The molecule has 3 aromatic rings. The predicted octanol–water partition coefficient (Wildman–Crippen LogP) is 3.47. The molecular formula is C25H23ClN2O5S. The lowest BCUT2D eigenvalue weighted by molar-refractivity contribution is -0.139. The van der Waals surface area contributed by atoms with Gasteiger partial charge in [0.2, 0.25) is 0 Å². The Morgan fingerprint density at radius 1 is 1.18 bits per heavy atom. The maximum atomic E-state index is 13.7. The Bertz CT molecular complexity index is 1450. The van der Waals surface area contributed by atoms with Crippen molar-refractivity contribution < 1.29 is 19.0 Å². The van der Waals surface area contributed by atoms with Crippen LogP contribution in [0.2, 0.25) is 5.02 Å². The minimum Gasteiger partial charge on any atom is -0.497 e. The fourth-order valence-electron chi connectivity index (χ4n) is 3.85. The number of aromatic nitrogens is 1. The molecule has 0 saturated heterocycles. The SMILES string of the molecule is CCOC(=O)C1=C(C)N=c2s/c(=C\c3ccc(Cl)cc3)c(=O)n2C1c1cc(OC)ccc1OC.